The molecule has 9 nitrogen and oxygen atoms in total. The molecule has 3 fully saturated rings. The fraction of sp³-hybridized carbons (Fsp3) is 0.811. The van der Waals surface area contributed by atoms with E-state index in [0.717, 1.165) is 37.7 Å². The summed E-state index contributed by atoms with van der Waals surface area (Å²) >= 11 is 6.97. The Labute approximate surface area is 297 Å². The van der Waals surface area contributed by atoms with E-state index in [9.17, 15) is 9.59 Å². The summed E-state index contributed by atoms with van der Waals surface area (Å²) in [6.07, 6.45) is 11.2. The van der Waals surface area contributed by atoms with Crippen molar-refractivity contribution in [2.75, 3.05) is 34.4 Å². The number of thiocarbonyl (C=S) groups is 1. The molecule has 0 spiro atoms. The second kappa shape index (κ2) is 16.0. The van der Waals surface area contributed by atoms with Gasteiger partial charge in [0.1, 0.15) is 30.7 Å². The van der Waals surface area contributed by atoms with Crippen molar-refractivity contribution >= 4 is 40.7 Å². The molecular formula is C37H58O9S2. The van der Waals surface area contributed by atoms with E-state index in [-0.39, 0.29) is 24.2 Å². The Morgan fingerprint density at radius 2 is 1.73 bits per heavy atom. The van der Waals surface area contributed by atoms with Crippen LogP contribution in [0.3, 0.4) is 0 Å². The summed E-state index contributed by atoms with van der Waals surface area (Å²) < 4.78 is 39.6. The zero-order chi connectivity index (χ0) is 35.4. The van der Waals surface area contributed by atoms with Gasteiger partial charge in [0.15, 0.2) is 0 Å². The Morgan fingerprint density at radius 1 is 1.04 bits per heavy atom. The number of hydrogen-bond acceptors (Lipinski definition) is 11. The van der Waals surface area contributed by atoms with E-state index in [1.165, 1.54) is 38.0 Å². The number of allylic oxidation sites excluding steroid dienone is 3. The highest BCUT2D eigenvalue weighted by molar-refractivity contribution is 8.22. The van der Waals surface area contributed by atoms with Gasteiger partial charge >= 0.3 is 12.3 Å². The van der Waals surface area contributed by atoms with E-state index < -0.39 is 35.5 Å². The average Bonchev–Trinajstić information content (AvgIpc) is 3.42. The topological polar surface area (TPSA) is 98.8 Å². The molecule has 1 unspecified atom stereocenters. The van der Waals surface area contributed by atoms with Gasteiger partial charge in [-0.25, -0.2) is 9.59 Å². The smallest absolute Gasteiger partial charge is 0.472 e. The number of thioether (sulfide) groups is 1. The molecule has 0 N–H and O–H groups in total. The van der Waals surface area contributed by atoms with Crippen molar-refractivity contribution < 1.29 is 42.7 Å². The molecule has 0 radical (unpaired) electrons. The van der Waals surface area contributed by atoms with E-state index >= 15 is 0 Å². The molecule has 4 aliphatic rings. The zero-order valence-corrected chi connectivity index (χ0v) is 32.3. The van der Waals surface area contributed by atoms with Crippen molar-refractivity contribution in [1.29, 1.82) is 0 Å². The molecule has 4 aliphatic carbocycles. The minimum absolute atomic E-state index is 0.147. The van der Waals surface area contributed by atoms with Crippen LogP contribution in [0.2, 0.25) is 0 Å². The second-order valence-corrected chi connectivity index (χ2v) is 16.6. The van der Waals surface area contributed by atoms with Gasteiger partial charge in [-0.1, -0.05) is 69.2 Å². The normalized spacial score (nSPS) is 33.0. The van der Waals surface area contributed by atoms with E-state index in [4.69, 9.17) is 45.4 Å². The standard InChI is InChI=1S/C37H58O9S2/c1-11-23(18-30(46-34(47)48-10)35(3,4)43-21-40-7)22(2)27-14-15-28-26-13-12-24-19-25(44-32(38)41-8)20-31(45-33(39)42-9)37(24,6)29(26)16-17-36(27,28)5/h12-13,22-23,25,27-31H,11,14-21H2,1-10H3/t22-,23+,25+,27+,28-,29-,30?,31-,36+,37-/m0/s1. The lowest BCUT2D eigenvalue weighted by atomic mass is 9.49. The molecule has 0 bridgehead atoms. The molecule has 0 saturated heterocycles. The van der Waals surface area contributed by atoms with E-state index in [0.29, 0.717) is 40.9 Å². The zero-order valence-electron chi connectivity index (χ0n) is 30.6. The fourth-order valence-corrected chi connectivity index (χ4v) is 10.1. The maximum absolute atomic E-state index is 12.5. The molecule has 0 aromatic carbocycles. The van der Waals surface area contributed by atoms with Crippen molar-refractivity contribution in [2.24, 2.45) is 40.4 Å². The largest absolute Gasteiger partial charge is 0.508 e. The first-order chi connectivity index (χ1) is 22.7. The van der Waals surface area contributed by atoms with Gasteiger partial charge in [-0.15, -0.1) is 0 Å². The van der Waals surface area contributed by atoms with Gasteiger partial charge in [-0.05, 0) is 99.4 Å². The summed E-state index contributed by atoms with van der Waals surface area (Å²) in [7, 11) is 4.26. The molecule has 272 valence electrons. The predicted octanol–water partition coefficient (Wildman–Crippen LogP) is 8.88. The van der Waals surface area contributed by atoms with Gasteiger partial charge in [0.05, 0.1) is 14.2 Å². The summed E-state index contributed by atoms with van der Waals surface area (Å²) in [6, 6.07) is 0. The molecule has 48 heavy (non-hydrogen) atoms. The quantitative estimate of drug-likeness (QED) is 0.110. The highest BCUT2D eigenvalue weighted by atomic mass is 32.2. The number of methoxy groups -OCH3 is 3. The SMILES string of the molecule is CC[C@H](CC(OC(=S)SC)C(C)(C)OCOC)[C@H](C)[C@H]1CC[C@H]2C3=CC=C4C[C@@H](OC(=O)OC)C[C@H](OC(=O)OC)[C@]4(C)[C@H]3CC[C@]12C. The first-order valence-corrected chi connectivity index (χ1v) is 19.1. The average molecular weight is 711 g/mol. The molecule has 0 aromatic heterocycles. The maximum atomic E-state index is 12.5. The van der Waals surface area contributed by atoms with Crippen LogP contribution >= 0.6 is 24.0 Å². The number of ether oxygens (including phenoxy) is 7. The van der Waals surface area contributed by atoms with Crippen LogP contribution in [0.5, 0.6) is 0 Å². The Kier molecular flexibility index (Phi) is 13.0. The molecule has 3 saturated carbocycles. The summed E-state index contributed by atoms with van der Waals surface area (Å²) in [5.41, 5.74) is 1.78. The number of hydrogen-bond donors (Lipinski definition) is 0. The molecule has 4 rings (SSSR count). The van der Waals surface area contributed by atoms with Crippen LogP contribution in [-0.2, 0) is 33.2 Å². The summed E-state index contributed by atoms with van der Waals surface area (Å²) in [5.74, 6) is 2.12. The molecule has 0 aliphatic heterocycles. The predicted molar refractivity (Wildman–Crippen MR) is 191 cm³/mol. The first kappa shape index (κ1) is 39.0. The fourth-order valence-electron chi connectivity index (χ4n) is 9.82. The Hall–Kier alpha value is -1.82. The minimum atomic E-state index is -0.728. The van der Waals surface area contributed by atoms with Crippen molar-refractivity contribution in [3.8, 4) is 0 Å². The van der Waals surface area contributed by atoms with Gasteiger partial charge < -0.3 is 33.2 Å². The van der Waals surface area contributed by atoms with Gasteiger partial charge in [0, 0.05) is 25.4 Å². The number of carbonyl (C=O) groups excluding carboxylic acids is 2. The van der Waals surface area contributed by atoms with E-state index in [2.05, 4.69) is 53.7 Å². The molecule has 0 heterocycles. The monoisotopic (exact) mass is 710 g/mol. The minimum Gasteiger partial charge on any atom is -0.472 e. The van der Waals surface area contributed by atoms with Crippen LogP contribution in [0, 0.1) is 40.4 Å². The Balaban J connectivity index is 1.60. The lowest BCUT2D eigenvalue weighted by Crippen LogP contribution is -2.54. The lowest BCUT2D eigenvalue weighted by Gasteiger charge is -2.57. The summed E-state index contributed by atoms with van der Waals surface area (Å²) in [6.45, 7) is 13.8. The number of rotatable bonds is 12. The third kappa shape index (κ3) is 7.74. The van der Waals surface area contributed by atoms with Crippen LogP contribution in [0.25, 0.3) is 0 Å². The Bertz CT molecular complexity index is 1230. The molecular weight excluding hydrogens is 653 g/mol. The third-order valence-electron chi connectivity index (χ3n) is 12.7. The molecule has 0 aromatic rings. The van der Waals surface area contributed by atoms with Crippen molar-refractivity contribution in [3.63, 3.8) is 0 Å². The summed E-state index contributed by atoms with van der Waals surface area (Å²) in [4.78, 5) is 24.5. The molecule has 11 heteroatoms. The van der Waals surface area contributed by atoms with Crippen molar-refractivity contribution in [2.45, 2.75) is 117 Å². The third-order valence-corrected chi connectivity index (χ3v) is 13.7. The van der Waals surface area contributed by atoms with Crippen LogP contribution in [0.15, 0.2) is 23.3 Å². The van der Waals surface area contributed by atoms with Crippen LogP contribution in [0.4, 0.5) is 9.59 Å². The van der Waals surface area contributed by atoms with Crippen molar-refractivity contribution in [1.82, 2.24) is 0 Å². The molecule has 10 atom stereocenters. The van der Waals surface area contributed by atoms with Gasteiger partial charge in [0.2, 0.25) is 4.38 Å². The van der Waals surface area contributed by atoms with Gasteiger partial charge in [0.25, 0.3) is 0 Å². The van der Waals surface area contributed by atoms with Gasteiger partial charge in [-0.3, -0.25) is 0 Å². The summed E-state index contributed by atoms with van der Waals surface area (Å²) in [5, 5.41) is 0. The molecule has 0 amide bonds. The first-order valence-electron chi connectivity index (χ1n) is 17.5. The van der Waals surface area contributed by atoms with Crippen LogP contribution in [-0.4, -0.2) is 75.0 Å². The number of fused-ring (bicyclic) bond motifs is 5. The number of carbonyl (C=O) groups is 2. The van der Waals surface area contributed by atoms with Crippen LogP contribution in [0.1, 0.15) is 92.9 Å². The van der Waals surface area contributed by atoms with Crippen LogP contribution < -0.4 is 0 Å². The highest BCUT2D eigenvalue weighted by Gasteiger charge is 2.60. The van der Waals surface area contributed by atoms with Gasteiger partial charge in [-0.2, -0.15) is 0 Å². The highest BCUT2D eigenvalue weighted by Crippen LogP contribution is 2.67. The second-order valence-electron chi connectivity index (χ2n) is 15.1. The Morgan fingerprint density at radius 3 is 2.35 bits per heavy atom. The lowest BCUT2D eigenvalue weighted by molar-refractivity contribution is -0.160. The van der Waals surface area contributed by atoms with E-state index in [1.54, 1.807) is 7.11 Å². The van der Waals surface area contributed by atoms with E-state index in [1.807, 2.05) is 6.26 Å². The van der Waals surface area contributed by atoms with Crippen molar-refractivity contribution in [3.05, 3.63) is 23.3 Å². The maximum Gasteiger partial charge on any atom is 0.508 e.